The number of carbonyl (C=O) groups is 1. The lowest BCUT2D eigenvalue weighted by atomic mass is 10.2. The van der Waals surface area contributed by atoms with E-state index in [1.807, 2.05) is 64.1 Å². The number of nitrogens with zero attached hydrogens (tertiary/aromatic N) is 3. The number of aryl methyl sites for hydroxylation is 2. The first-order chi connectivity index (χ1) is 18.7. The standard InChI is InChI=1S/C30H32N4O4S/c1-5-38-29-14-10-9-13-28(29)33(39(36,37)27-17-15-22(2)16-18-27)21-30(35)32-31-20-25-19-23(3)34(24(25)4)26-11-7-6-8-12-26/h6-20H,5,21H2,1-4H3,(H,32,35)/b31-20-. The number of sulfonamides is 1. The summed E-state index contributed by atoms with van der Waals surface area (Å²) in [6, 6.07) is 25.2. The quantitative estimate of drug-likeness (QED) is 0.221. The zero-order chi connectivity index (χ0) is 28.0. The molecule has 0 atom stereocenters. The fourth-order valence-corrected chi connectivity index (χ4v) is 5.74. The molecule has 1 N–H and O–H groups in total. The lowest BCUT2D eigenvalue weighted by Gasteiger charge is -2.25. The number of hydrogen-bond acceptors (Lipinski definition) is 5. The maximum absolute atomic E-state index is 13.7. The summed E-state index contributed by atoms with van der Waals surface area (Å²) in [4.78, 5) is 13.1. The molecule has 0 fully saturated rings. The average molecular weight is 545 g/mol. The SMILES string of the molecule is CCOc1ccccc1N(CC(=O)N/N=C\c1cc(C)n(-c2ccccc2)c1C)S(=O)(=O)c1ccc(C)cc1. The molecule has 0 saturated heterocycles. The molecule has 4 aromatic rings. The Morgan fingerprint density at radius 2 is 1.64 bits per heavy atom. The third-order valence-electron chi connectivity index (χ3n) is 6.21. The van der Waals surface area contributed by atoms with Crippen LogP contribution in [0.2, 0.25) is 0 Å². The third kappa shape index (κ3) is 6.21. The van der Waals surface area contributed by atoms with Gasteiger partial charge in [0.2, 0.25) is 0 Å². The monoisotopic (exact) mass is 544 g/mol. The Labute approximate surface area is 229 Å². The molecular weight excluding hydrogens is 512 g/mol. The first kappa shape index (κ1) is 27.7. The van der Waals surface area contributed by atoms with E-state index in [0.717, 1.165) is 32.5 Å². The van der Waals surface area contributed by atoms with E-state index in [2.05, 4.69) is 15.1 Å². The van der Waals surface area contributed by atoms with Crippen molar-refractivity contribution >= 4 is 27.8 Å². The third-order valence-corrected chi connectivity index (χ3v) is 7.98. The molecule has 0 aliphatic rings. The zero-order valence-electron chi connectivity index (χ0n) is 22.5. The number of amides is 1. The van der Waals surface area contributed by atoms with Crippen LogP contribution in [-0.2, 0) is 14.8 Å². The second-order valence-electron chi connectivity index (χ2n) is 9.02. The minimum Gasteiger partial charge on any atom is -0.492 e. The number of benzene rings is 3. The molecule has 0 unspecified atom stereocenters. The van der Waals surface area contributed by atoms with E-state index in [-0.39, 0.29) is 10.6 Å². The van der Waals surface area contributed by atoms with Crippen molar-refractivity contribution in [2.45, 2.75) is 32.6 Å². The van der Waals surface area contributed by atoms with Gasteiger partial charge in [-0.25, -0.2) is 13.8 Å². The molecular formula is C30H32N4O4S. The van der Waals surface area contributed by atoms with Crippen LogP contribution in [0, 0.1) is 20.8 Å². The average Bonchev–Trinajstić information content (AvgIpc) is 3.21. The van der Waals surface area contributed by atoms with Crippen LogP contribution in [0.1, 0.15) is 29.4 Å². The number of carbonyl (C=O) groups excluding carboxylic acids is 1. The number of para-hydroxylation sites is 3. The van der Waals surface area contributed by atoms with E-state index in [1.54, 1.807) is 42.6 Å². The van der Waals surface area contributed by atoms with Crippen molar-refractivity contribution in [3.05, 3.63) is 107 Å². The Morgan fingerprint density at radius 1 is 0.974 bits per heavy atom. The number of anilines is 1. The number of aromatic nitrogens is 1. The summed E-state index contributed by atoms with van der Waals surface area (Å²) in [6.45, 7) is 7.52. The van der Waals surface area contributed by atoms with Crippen LogP contribution in [0.4, 0.5) is 5.69 Å². The van der Waals surface area contributed by atoms with Crippen LogP contribution in [0.15, 0.2) is 94.9 Å². The second kappa shape index (κ2) is 12.0. The molecule has 9 heteroatoms. The second-order valence-corrected chi connectivity index (χ2v) is 10.9. The minimum atomic E-state index is -4.09. The fourth-order valence-electron chi connectivity index (χ4n) is 4.31. The summed E-state index contributed by atoms with van der Waals surface area (Å²) < 4.78 is 36.2. The highest BCUT2D eigenvalue weighted by atomic mass is 32.2. The van der Waals surface area contributed by atoms with E-state index >= 15 is 0 Å². The van der Waals surface area contributed by atoms with Crippen LogP contribution < -0.4 is 14.5 Å². The number of nitrogens with one attached hydrogen (secondary N) is 1. The van der Waals surface area contributed by atoms with Gasteiger partial charge in [-0.05, 0) is 70.2 Å². The van der Waals surface area contributed by atoms with Gasteiger partial charge in [0, 0.05) is 22.6 Å². The molecule has 3 aromatic carbocycles. The molecule has 0 saturated carbocycles. The van der Waals surface area contributed by atoms with Crippen LogP contribution in [0.25, 0.3) is 5.69 Å². The summed E-state index contributed by atoms with van der Waals surface area (Å²) in [5.41, 5.74) is 7.53. The molecule has 0 aliphatic carbocycles. The topological polar surface area (TPSA) is 93.0 Å². The summed E-state index contributed by atoms with van der Waals surface area (Å²) >= 11 is 0. The highest BCUT2D eigenvalue weighted by Crippen LogP contribution is 2.32. The van der Waals surface area contributed by atoms with Gasteiger partial charge in [-0.15, -0.1) is 0 Å². The number of hydrogen-bond donors (Lipinski definition) is 1. The highest BCUT2D eigenvalue weighted by Gasteiger charge is 2.29. The molecule has 0 bridgehead atoms. The van der Waals surface area contributed by atoms with Crippen LogP contribution in [-0.4, -0.2) is 38.3 Å². The first-order valence-corrected chi connectivity index (χ1v) is 14.0. The van der Waals surface area contributed by atoms with Gasteiger partial charge in [-0.2, -0.15) is 5.10 Å². The highest BCUT2D eigenvalue weighted by molar-refractivity contribution is 7.92. The van der Waals surface area contributed by atoms with Crippen molar-refractivity contribution in [2.24, 2.45) is 5.10 Å². The van der Waals surface area contributed by atoms with Crippen molar-refractivity contribution in [3.8, 4) is 11.4 Å². The van der Waals surface area contributed by atoms with Crippen molar-refractivity contribution in [2.75, 3.05) is 17.5 Å². The summed E-state index contributed by atoms with van der Waals surface area (Å²) in [5, 5.41) is 4.13. The van der Waals surface area contributed by atoms with E-state index < -0.39 is 22.5 Å². The lowest BCUT2D eigenvalue weighted by molar-refractivity contribution is -0.119. The predicted molar refractivity (Wildman–Crippen MR) is 154 cm³/mol. The zero-order valence-corrected chi connectivity index (χ0v) is 23.3. The Kier molecular flexibility index (Phi) is 8.51. The number of ether oxygens (including phenoxy) is 1. The largest absolute Gasteiger partial charge is 0.492 e. The van der Waals surface area contributed by atoms with Gasteiger partial charge in [0.1, 0.15) is 12.3 Å². The van der Waals surface area contributed by atoms with Crippen molar-refractivity contribution in [1.82, 2.24) is 9.99 Å². The molecule has 8 nitrogen and oxygen atoms in total. The van der Waals surface area contributed by atoms with Crippen LogP contribution in [0.5, 0.6) is 5.75 Å². The lowest BCUT2D eigenvalue weighted by Crippen LogP contribution is -2.39. The Bertz CT molecular complexity index is 1580. The maximum Gasteiger partial charge on any atom is 0.264 e. The van der Waals surface area contributed by atoms with Gasteiger partial charge in [-0.3, -0.25) is 9.10 Å². The summed E-state index contributed by atoms with van der Waals surface area (Å²) in [5.74, 6) is -0.231. The maximum atomic E-state index is 13.7. The molecule has 1 aromatic heterocycles. The normalized spacial score (nSPS) is 11.5. The first-order valence-electron chi connectivity index (χ1n) is 12.6. The van der Waals surface area contributed by atoms with Gasteiger partial charge in [0.05, 0.1) is 23.4 Å². The van der Waals surface area contributed by atoms with Gasteiger partial charge in [-0.1, -0.05) is 48.0 Å². The smallest absolute Gasteiger partial charge is 0.264 e. The predicted octanol–water partition coefficient (Wildman–Crippen LogP) is 5.15. The van der Waals surface area contributed by atoms with Crippen LogP contribution in [0.3, 0.4) is 0 Å². The van der Waals surface area contributed by atoms with E-state index in [0.29, 0.717) is 12.4 Å². The van der Waals surface area contributed by atoms with Gasteiger partial charge < -0.3 is 9.30 Å². The van der Waals surface area contributed by atoms with E-state index in [9.17, 15) is 13.2 Å². The van der Waals surface area contributed by atoms with Gasteiger partial charge >= 0.3 is 0 Å². The fraction of sp³-hybridized carbons (Fsp3) is 0.200. The molecule has 4 rings (SSSR count). The van der Waals surface area contributed by atoms with E-state index in [1.165, 1.54) is 12.1 Å². The van der Waals surface area contributed by atoms with Gasteiger partial charge in [0.15, 0.2) is 0 Å². The molecule has 1 heterocycles. The van der Waals surface area contributed by atoms with Crippen LogP contribution >= 0.6 is 0 Å². The summed E-state index contributed by atoms with van der Waals surface area (Å²) in [6.07, 6.45) is 1.56. The molecule has 0 aliphatic heterocycles. The van der Waals surface area contributed by atoms with E-state index in [4.69, 9.17) is 4.74 Å². The van der Waals surface area contributed by atoms with Crippen molar-refractivity contribution < 1.29 is 17.9 Å². The molecule has 202 valence electrons. The minimum absolute atomic E-state index is 0.0732. The Morgan fingerprint density at radius 3 is 2.33 bits per heavy atom. The molecule has 1 amide bonds. The molecule has 39 heavy (non-hydrogen) atoms. The molecule has 0 spiro atoms. The Balaban J connectivity index is 1.59. The number of rotatable bonds is 10. The van der Waals surface area contributed by atoms with Gasteiger partial charge in [0.25, 0.3) is 15.9 Å². The molecule has 0 radical (unpaired) electrons. The Hall–Kier alpha value is -4.37. The van der Waals surface area contributed by atoms with Crippen molar-refractivity contribution in [1.29, 1.82) is 0 Å². The number of hydrazone groups is 1. The summed E-state index contributed by atoms with van der Waals surface area (Å²) in [7, 11) is -4.09. The van der Waals surface area contributed by atoms with Crippen molar-refractivity contribution in [3.63, 3.8) is 0 Å².